The number of hydrogen-bond donors (Lipinski definition) is 2. The van der Waals surface area contributed by atoms with Gasteiger partial charge >= 0.3 is 0 Å². The SMILES string of the molecule is CCC(CSC)NS(=O)(=O)c1c(C)c(C)cc(N)c1C. The number of benzene rings is 1. The van der Waals surface area contributed by atoms with Crippen LogP contribution in [0.1, 0.15) is 30.0 Å². The molecule has 0 radical (unpaired) electrons. The van der Waals surface area contributed by atoms with Crippen molar-refractivity contribution >= 4 is 27.5 Å². The Bertz CT molecular complexity index is 557. The van der Waals surface area contributed by atoms with E-state index in [-0.39, 0.29) is 6.04 Å². The quantitative estimate of drug-likeness (QED) is 0.791. The van der Waals surface area contributed by atoms with Crippen LogP contribution in [0.5, 0.6) is 0 Å². The highest BCUT2D eigenvalue weighted by molar-refractivity contribution is 7.98. The number of aryl methyl sites for hydroxylation is 1. The smallest absolute Gasteiger partial charge is 0.241 e. The molecule has 6 heteroatoms. The minimum Gasteiger partial charge on any atom is -0.398 e. The fourth-order valence-electron chi connectivity index (χ4n) is 2.16. The van der Waals surface area contributed by atoms with E-state index in [1.807, 2.05) is 33.1 Å². The fourth-order valence-corrected chi connectivity index (χ4v) is 4.88. The number of nitrogens with two attached hydrogens (primary N) is 1. The van der Waals surface area contributed by atoms with E-state index in [9.17, 15) is 8.42 Å². The molecular formula is C14H24N2O2S2. The molecule has 0 heterocycles. The number of rotatable bonds is 6. The second-order valence-electron chi connectivity index (χ2n) is 5.04. The number of sulfonamides is 1. The van der Waals surface area contributed by atoms with Crippen molar-refractivity contribution in [1.29, 1.82) is 0 Å². The van der Waals surface area contributed by atoms with E-state index in [0.29, 0.717) is 16.1 Å². The molecule has 4 nitrogen and oxygen atoms in total. The summed E-state index contributed by atoms with van der Waals surface area (Å²) in [5.74, 6) is 0.759. The van der Waals surface area contributed by atoms with Gasteiger partial charge < -0.3 is 5.73 Å². The summed E-state index contributed by atoms with van der Waals surface area (Å²) >= 11 is 1.63. The van der Waals surface area contributed by atoms with Gasteiger partial charge in [0, 0.05) is 17.5 Å². The molecule has 0 aliphatic carbocycles. The van der Waals surface area contributed by atoms with Crippen LogP contribution < -0.4 is 10.5 Å². The Morgan fingerprint density at radius 2 is 1.90 bits per heavy atom. The van der Waals surface area contributed by atoms with Gasteiger partial charge in [-0.05, 0) is 56.2 Å². The molecule has 0 saturated carbocycles. The fraction of sp³-hybridized carbons (Fsp3) is 0.571. The van der Waals surface area contributed by atoms with Crippen LogP contribution in [0.15, 0.2) is 11.0 Å². The molecule has 1 unspecified atom stereocenters. The summed E-state index contributed by atoms with van der Waals surface area (Å²) in [6.07, 6.45) is 2.73. The Hall–Kier alpha value is -0.720. The van der Waals surface area contributed by atoms with Crippen molar-refractivity contribution in [2.24, 2.45) is 0 Å². The average molecular weight is 316 g/mol. The highest BCUT2D eigenvalue weighted by Gasteiger charge is 2.24. The summed E-state index contributed by atoms with van der Waals surface area (Å²) in [5, 5.41) is 0. The summed E-state index contributed by atoms with van der Waals surface area (Å²) in [6, 6.07) is 1.76. The van der Waals surface area contributed by atoms with Gasteiger partial charge in [0.2, 0.25) is 10.0 Å². The minimum absolute atomic E-state index is 0.0597. The lowest BCUT2D eigenvalue weighted by molar-refractivity contribution is 0.557. The average Bonchev–Trinajstić information content (AvgIpc) is 2.35. The molecule has 0 amide bonds. The van der Waals surface area contributed by atoms with Crippen LogP contribution >= 0.6 is 11.8 Å². The monoisotopic (exact) mass is 316 g/mol. The number of nitrogen functional groups attached to an aromatic ring is 1. The van der Waals surface area contributed by atoms with Crippen molar-refractivity contribution in [2.75, 3.05) is 17.7 Å². The first-order chi connectivity index (χ1) is 9.24. The Morgan fingerprint density at radius 3 is 2.40 bits per heavy atom. The van der Waals surface area contributed by atoms with Crippen molar-refractivity contribution in [3.05, 3.63) is 22.8 Å². The van der Waals surface area contributed by atoms with Crippen LogP contribution in [0.4, 0.5) is 5.69 Å². The van der Waals surface area contributed by atoms with Crippen LogP contribution in [0, 0.1) is 20.8 Å². The number of nitrogens with one attached hydrogen (secondary N) is 1. The largest absolute Gasteiger partial charge is 0.398 e. The second-order valence-corrected chi connectivity index (χ2v) is 7.61. The summed E-state index contributed by atoms with van der Waals surface area (Å²) in [6.45, 7) is 7.44. The number of hydrogen-bond acceptors (Lipinski definition) is 4. The topological polar surface area (TPSA) is 72.2 Å². The van der Waals surface area contributed by atoms with Gasteiger partial charge in [0.25, 0.3) is 0 Å². The maximum atomic E-state index is 12.6. The maximum absolute atomic E-state index is 12.6. The predicted molar refractivity (Wildman–Crippen MR) is 87.8 cm³/mol. The number of anilines is 1. The van der Waals surface area contributed by atoms with Crippen LogP contribution in [0.25, 0.3) is 0 Å². The molecule has 0 bridgehead atoms. The Labute approximate surface area is 126 Å². The van der Waals surface area contributed by atoms with Gasteiger partial charge in [-0.3, -0.25) is 0 Å². The second kappa shape index (κ2) is 6.83. The van der Waals surface area contributed by atoms with Crippen LogP contribution in [0.2, 0.25) is 0 Å². The van der Waals surface area contributed by atoms with Gasteiger partial charge in [-0.25, -0.2) is 13.1 Å². The predicted octanol–water partition coefficient (Wildman–Crippen LogP) is 2.61. The molecule has 0 aliphatic heterocycles. The van der Waals surface area contributed by atoms with Crippen molar-refractivity contribution in [3.63, 3.8) is 0 Å². The van der Waals surface area contributed by atoms with E-state index >= 15 is 0 Å². The van der Waals surface area contributed by atoms with Crippen LogP contribution in [0.3, 0.4) is 0 Å². The molecule has 1 rings (SSSR count). The highest BCUT2D eigenvalue weighted by Crippen LogP contribution is 2.28. The van der Waals surface area contributed by atoms with Crippen molar-refractivity contribution in [2.45, 2.75) is 45.1 Å². The van der Waals surface area contributed by atoms with Crippen molar-refractivity contribution in [1.82, 2.24) is 4.72 Å². The standard InChI is InChI=1S/C14H24N2O2S2/c1-6-12(8-19-5)16-20(17,18)14-10(3)9(2)7-13(15)11(14)4/h7,12,16H,6,8,15H2,1-5H3. The van der Waals surface area contributed by atoms with E-state index in [0.717, 1.165) is 23.3 Å². The number of thioether (sulfide) groups is 1. The lowest BCUT2D eigenvalue weighted by atomic mass is 10.1. The Kier molecular flexibility index (Phi) is 5.91. The molecular weight excluding hydrogens is 292 g/mol. The van der Waals surface area contributed by atoms with E-state index in [2.05, 4.69) is 4.72 Å². The van der Waals surface area contributed by atoms with Crippen molar-refractivity contribution < 1.29 is 8.42 Å². The first kappa shape index (κ1) is 17.3. The molecule has 0 fully saturated rings. The van der Waals surface area contributed by atoms with E-state index in [1.54, 1.807) is 18.7 Å². The zero-order chi connectivity index (χ0) is 15.5. The Morgan fingerprint density at radius 1 is 1.30 bits per heavy atom. The van der Waals surface area contributed by atoms with Gasteiger partial charge in [0.05, 0.1) is 4.90 Å². The maximum Gasteiger partial charge on any atom is 0.241 e. The molecule has 1 aromatic carbocycles. The van der Waals surface area contributed by atoms with Gasteiger partial charge in [-0.1, -0.05) is 6.92 Å². The van der Waals surface area contributed by atoms with Crippen LogP contribution in [-0.4, -0.2) is 26.5 Å². The van der Waals surface area contributed by atoms with E-state index < -0.39 is 10.0 Å². The van der Waals surface area contributed by atoms with Crippen LogP contribution in [-0.2, 0) is 10.0 Å². The third-order valence-corrected chi connectivity index (χ3v) is 6.06. The first-order valence-corrected chi connectivity index (χ1v) is 9.49. The van der Waals surface area contributed by atoms with E-state index in [4.69, 9.17) is 5.73 Å². The molecule has 0 saturated heterocycles. The summed E-state index contributed by atoms with van der Waals surface area (Å²) in [5.41, 5.74) is 8.72. The first-order valence-electron chi connectivity index (χ1n) is 6.62. The molecule has 0 spiro atoms. The molecule has 1 atom stereocenters. The minimum atomic E-state index is -3.54. The lowest BCUT2D eigenvalue weighted by Crippen LogP contribution is -2.37. The van der Waals surface area contributed by atoms with Gasteiger partial charge in [-0.15, -0.1) is 0 Å². The third-order valence-electron chi connectivity index (χ3n) is 3.53. The highest BCUT2D eigenvalue weighted by atomic mass is 32.2. The molecule has 20 heavy (non-hydrogen) atoms. The molecule has 114 valence electrons. The van der Waals surface area contributed by atoms with Gasteiger partial charge in [0.15, 0.2) is 0 Å². The molecule has 1 aromatic rings. The third kappa shape index (κ3) is 3.68. The summed E-state index contributed by atoms with van der Waals surface area (Å²) in [4.78, 5) is 0.328. The summed E-state index contributed by atoms with van der Waals surface area (Å²) in [7, 11) is -3.54. The van der Waals surface area contributed by atoms with Crippen molar-refractivity contribution in [3.8, 4) is 0 Å². The Balaban J connectivity index is 3.29. The molecule has 3 N–H and O–H groups in total. The zero-order valence-electron chi connectivity index (χ0n) is 12.8. The van der Waals surface area contributed by atoms with E-state index in [1.165, 1.54) is 0 Å². The van der Waals surface area contributed by atoms with Gasteiger partial charge in [-0.2, -0.15) is 11.8 Å². The molecule has 0 aromatic heterocycles. The zero-order valence-corrected chi connectivity index (χ0v) is 14.4. The molecule has 0 aliphatic rings. The lowest BCUT2D eigenvalue weighted by Gasteiger charge is -2.20. The normalized spacial score (nSPS) is 13.4. The van der Waals surface area contributed by atoms with Gasteiger partial charge in [0.1, 0.15) is 0 Å². The summed E-state index contributed by atoms with van der Waals surface area (Å²) < 4.78 is 28.1.